The van der Waals surface area contributed by atoms with Gasteiger partial charge >= 0.3 is 6.18 Å². The summed E-state index contributed by atoms with van der Waals surface area (Å²) in [5.41, 5.74) is 1.55. The zero-order valence-corrected chi connectivity index (χ0v) is 18.6. The van der Waals surface area contributed by atoms with Crippen LogP contribution in [-0.2, 0) is 6.18 Å². The highest BCUT2D eigenvalue weighted by molar-refractivity contribution is 7.80. The van der Waals surface area contributed by atoms with Crippen molar-refractivity contribution in [2.45, 2.75) is 12.1 Å². The molecule has 1 unspecified atom stereocenters. The van der Waals surface area contributed by atoms with Crippen LogP contribution in [-0.4, -0.2) is 28.3 Å². The molecule has 1 aliphatic rings. The standard InChI is InChI=1S/C24H17ClF3N3OS/c25-19-11-9-16(10-12-19)21-20(15-5-2-1-3-6-15)14-31(30-21)23(33)29-22(32)17-7-4-8-18(13-17)24(26,27)28/h1-13,20H,14H2,(H,29,32,33). The minimum absolute atomic E-state index is 0.00214. The lowest BCUT2D eigenvalue weighted by Gasteiger charge is -2.18. The molecule has 1 aliphatic heterocycles. The third-order valence-corrected chi connectivity index (χ3v) is 5.73. The van der Waals surface area contributed by atoms with E-state index >= 15 is 0 Å². The number of nitrogens with one attached hydrogen (secondary N) is 1. The summed E-state index contributed by atoms with van der Waals surface area (Å²) in [6.45, 7) is 0.365. The predicted molar refractivity (Wildman–Crippen MR) is 125 cm³/mol. The number of rotatable bonds is 3. The van der Waals surface area contributed by atoms with Gasteiger partial charge in [-0.2, -0.15) is 18.3 Å². The van der Waals surface area contributed by atoms with Crippen LogP contribution in [0.2, 0.25) is 5.02 Å². The molecule has 33 heavy (non-hydrogen) atoms. The molecule has 3 aromatic carbocycles. The Bertz CT molecular complexity index is 1210. The number of thiocarbonyl (C=S) groups is 1. The van der Waals surface area contributed by atoms with E-state index in [1.54, 1.807) is 12.1 Å². The molecule has 4 nitrogen and oxygen atoms in total. The molecular weight excluding hydrogens is 471 g/mol. The van der Waals surface area contributed by atoms with Crippen LogP contribution in [0.15, 0.2) is 84.0 Å². The number of hydrogen-bond acceptors (Lipinski definition) is 3. The Hall–Kier alpha value is -3.23. The molecule has 0 aliphatic carbocycles. The monoisotopic (exact) mass is 487 g/mol. The third-order valence-electron chi connectivity index (χ3n) is 5.16. The molecule has 0 bridgehead atoms. The Morgan fingerprint density at radius 3 is 2.39 bits per heavy atom. The average Bonchev–Trinajstić information content (AvgIpc) is 3.25. The number of halogens is 4. The fraction of sp³-hybridized carbons (Fsp3) is 0.125. The van der Waals surface area contributed by atoms with Gasteiger partial charge in [-0.25, -0.2) is 5.01 Å². The van der Waals surface area contributed by atoms with Crippen LogP contribution < -0.4 is 5.32 Å². The number of alkyl halides is 3. The molecule has 0 radical (unpaired) electrons. The number of carbonyl (C=O) groups is 1. The van der Waals surface area contributed by atoms with Gasteiger partial charge in [0.25, 0.3) is 5.91 Å². The van der Waals surface area contributed by atoms with Gasteiger partial charge in [0.2, 0.25) is 0 Å². The molecule has 168 valence electrons. The minimum atomic E-state index is -4.55. The molecule has 1 amide bonds. The Labute approximate surface area is 198 Å². The van der Waals surface area contributed by atoms with Crippen LogP contribution in [0.25, 0.3) is 0 Å². The van der Waals surface area contributed by atoms with Crippen molar-refractivity contribution in [1.82, 2.24) is 10.3 Å². The summed E-state index contributed by atoms with van der Waals surface area (Å²) < 4.78 is 38.9. The van der Waals surface area contributed by atoms with Gasteiger partial charge in [0.05, 0.1) is 17.8 Å². The normalized spacial score (nSPS) is 15.8. The molecule has 0 saturated carbocycles. The molecule has 1 atom stereocenters. The fourth-order valence-corrected chi connectivity index (χ4v) is 3.86. The summed E-state index contributed by atoms with van der Waals surface area (Å²) in [5.74, 6) is -0.867. The van der Waals surface area contributed by atoms with Crippen molar-refractivity contribution < 1.29 is 18.0 Å². The lowest BCUT2D eigenvalue weighted by Crippen LogP contribution is -2.39. The maximum absolute atomic E-state index is 13.0. The summed E-state index contributed by atoms with van der Waals surface area (Å²) in [6.07, 6.45) is -4.55. The molecule has 0 fully saturated rings. The van der Waals surface area contributed by atoms with Gasteiger partial charge in [-0.05, 0) is 53.7 Å². The van der Waals surface area contributed by atoms with Crippen LogP contribution in [0.5, 0.6) is 0 Å². The van der Waals surface area contributed by atoms with Crippen LogP contribution in [0.3, 0.4) is 0 Å². The molecule has 3 aromatic rings. The first-order valence-corrected chi connectivity index (χ1v) is 10.7. The molecule has 1 heterocycles. The van der Waals surface area contributed by atoms with E-state index in [0.717, 1.165) is 29.0 Å². The van der Waals surface area contributed by atoms with Crippen LogP contribution in [0.1, 0.15) is 33.0 Å². The zero-order valence-electron chi connectivity index (χ0n) is 17.0. The van der Waals surface area contributed by atoms with E-state index in [2.05, 4.69) is 10.4 Å². The number of nitrogens with zero attached hydrogens (tertiary/aromatic N) is 2. The molecule has 0 saturated heterocycles. The molecular formula is C24H17ClF3N3OS. The summed E-state index contributed by atoms with van der Waals surface area (Å²) in [7, 11) is 0. The van der Waals surface area contributed by atoms with E-state index in [4.69, 9.17) is 23.8 Å². The van der Waals surface area contributed by atoms with Gasteiger partial charge in [0.1, 0.15) is 0 Å². The van der Waals surface area contributed by atoms with Gasteiger partial charge in [0.15, 0.2) is 5.11 Å². The second-order valence-electron chi connectivity index (χ2n) is 7.38. The quantitative estimate of drug-likeness (QED) is 0.469. The molecule has 9 heteroatoms. The smallest absolute Gasteiger partial charge is 0.297 e. The van der Waals surface area contributed by atoms with E-state index < -0.39 is 17.6 Å². The highest BCUT2D eigenvalue weighted by Crippen LogP contribution is 2.31. The van der Waals surface area contributed by atoms with Crippen LogP contribution >= 0.6 is 23.8 Å². The number of hydrazone groups is 1. The third kappa shape index (κ3) is 5.23. The lowest BCUT2D eigenvalue weighted by molar-refractivity contribution is -0.137. The van der Waals surface area contributed by atoms with Gasteiger partial charge in [-0.3, -0.25) is 10.1 Å². The zero-order chi connectivity index (χ0) is 23.6. The maximum Gasteiger partial charge on any atom is 0.416 e. The number of amides is 1. The lowest BCUT2D eigenvalue weighted by atomic mass is 9.91. The SMILES string of the molecule is O=C(NC(=S)N1CC(c2ccccc2)C(c2ccc(Cl)cc2)=N1)c1cccc(C(F)(F)F)c1. The molecule has 1 N–H and O–H groups in total. The van der Waals surface area contributed by atoms with Crippen molar-refractivity contribution in [1.29, 1.82) is 0 Å². The second kappa shape index (κ2) is 9.33. The summed E-state index contributed by atoms with van der Waals surface area (Å²) in [5, 5.41) is 9.18. The Balaban J connectivity index is 1.57. The molecule has 4 rings (SSSR count). The van der Waals surface area contributed by atoms with Crippen molar-refractivity contribution in [3.05, 3.63) is 106 Å². The Kier molecular flexibility index (Phi) is 6.49. The number of carbonyl (C=O) groups excluding carboxylic acids is 1. The second-order valence-corrected chi connectivity index (χ2v) is 8.20. The highest BCUT2D eigenvalue weighted by Gasteiger charge is 2.33. The first kappa shape index (κ1) is 22.9. The fourth-order valence-electron chi connectivity index (χ4n) is 3.53. The van der Waals surface area contributed by atoms with Crippen molar-refractivity contribution in [3.63, 3.8) is 0 Å². The van der Waals surface area contributed by atoms with E-state index in [0.29, 0.717) is 11.6 Å². The summed E-state index contributed by atoms with van der Waals surface area (Å²) in [6, 6.07) is 21.1. The maximum atomic E-state index is 13.0. The van der Waals surface area contributed by atoms with Gasteiger partial charge in [-0.1, -0.05) is 60.1 Å². The predicted octanol–water partition coefficient (Wildman–Crippen LogP) is 5.88. The van der Waals surface area contributed by atoms with Gasteiger partial charge in [-0.15, -0.1) is 0 Å². The van der Waals surface area contributed by atoms with E-state index in [1.165, 1.54) is 17.1 Å². The number of hydrogen-bond donors (Lipinski definition) is 1. The van der Waals surface area contributed by atoms with Crippen molar-refractivity contribution in [2.75, 3.05) is 6.54 Å². The van der Waals surface area contributed by atoms with Crippen molar-refractivity contribution in [3.8, 4) is 0 Å². The Morgan fingerprint density at radius 1 is 1.03 bits per heavy atom. The van der Waals surface area contributed by atoms with E-state index in [9.17, 15) is 18.0 Å². The largest absolute Gasteiger partial charge is 0.416 e. The highest BCUT2D eigenvalue weighted by atomic mass is 35.5. The topological polar surface area (TPSA) is 44.7 Å². The van der Waals surface area contributed by atoms with Crippen molar-refractivity contribution in [2.24, 2.45) is 5.10 Å². The van der Waals surface area contributed by atoms with Gasteiger partial charge in [0, 0.05) is 16.5 Å². The van der Waals surface area contributed by atoms with E-state index in [1.807, 2.05) is 42.5 Å². The first-order chi connectivity index (χ1) is 15.7. The van der Waals surface area contributed by atoms with E-state index in [-0.39, 0.29) is 16.6 Å². The summed E-state index contributed by atoms with van der Waals surface area (Å²) >= 11 is 11.4. The summed E-state index contributed by atoms with van der Waals surface area (Å²) in [4.78, 5) is 12.6. The average molecular weight is 488 g/mol. The molecule has 0 spiro atoms. The molecule has 0 aromatic heterocycles. The van der Waals surface area contributed by atoms with Gasteiger partial charge < -0.3 is 0 Å². The Morgan fingerprint density at radius 2 is 1.73 bits per heavy atom. The van der Waals surface area contributed by atoms with Crippen LogP contribution in [0, 0.1) is 0 Å². The minimum Gasteiger partial charge on any atom is -0.297 e. The number of benzene rings is 3. The van der Waals surface area contributed by atoms with Crippen molar-refractivity contribution >= 4 is 40.6 Å². The van der Waals surface area contributed by atoms with Crippen LogP contribution in [0.4, 0.5) is 13.2 Å². The first-order valence-electron chi connectivity index (χ1n) is 9.92.